The molecule has 0 aromatic heterocycles. The summed E-state index contributed by atoms with van der Waals surface area (Å²) >= 11 is 0. The van der Waals surface area contributed by atoms with Crippen molar-refractivity contribution in [3.05, 3.63) is 11.8 Å². The summed E-state index contributed by atoms with van der Waals surface area (Å²) in [5.74, 6) is -1.92. The van der Waals surface area contributed by atoms with Gasteiger partial charge in [0.15, 0.2) is 0 Å². The predicted octanol–water partition coefficient (Wildman–Crippen LogP) is -2.63. The van der Waals surface area contributed by atoms with Crippen molar-refractivity contribution in [1.82, 2.24) is 0 Å². The fraction of sp³-hybridized carbons (Fsp3) is 0.500. The van der Waals surface area contributed by atoms with Crippen molar-refractivity contribution in [2.75, 3.05) is 6.61 Å². The van der Waals surface area contributed by atoms with Crippen LogP contribution in [0.2, 0.25) is 0 Å². The minimum absolute atomic E-state index is 0.221. The van der Waals surface area contributed by atoms with Gasteiger partial charge in [-0.2, -0.15) is 0 Å². The molecule has 0 radical (unpaired) electrons. The molecule has 1 heterocycles. The third-order valence-corrected chi connectivity index (χ3v) is 1.33. The summed E-state index contributed by atoms with van der Waals surface area (Å²) in [7, 11) is 0. The predicted molar refractivity (Wildman–Crippen MR) is 31.1 cm³/mol. The molecule has 11 heavy (non-hydrogen) atoms. The number of carbonyl (C=O) groups excluding carboxylic acids is 1. The van der Waals surface area contributed by atoms with Crippen LogP contribution in [0.25, 0.3) is 0 Å². The maximum absolute atomic E-state index is 10.1. The Hall–Kier alpha value is -1.07. The van der Waals surface area contributed by atoms with Crippen LogP contribution in [0, 0.1) is 0 Å². The van der Waals surface area contributed by atoms with Gasteiger partial charge in [-0.15, -0.1) is 0 Å². The Morgan fingerprint density at radius 3 is 2.82 bits per heavy atom. The molecule has 5 nitrogen and oxygen atoms in total. The van der Waals surface area contributed by atoms with Crippen LogP contribution < -0.4 is 5.11 Å². The second kappa shape index (κ2) is 2.89. The molecule has 0 saturated heterocycles. The average Bonchev–Trinajstić information content (AvgIpc) is 1.94. The lowest BCUT2D eigenvalue weighted by Crippen LogP contribution is -2.37. The van der Waals surface area contributed by atoms with Gasteiger partial charge in [0.2, 0.25) is 0 Å². The number of hydrogen-bond acceptors (Lipinski definition) is 5. The van der Waals surface area contributed by atoms with Crippen molar-refractivity contribution in [3.8, 4) is 0 Å². The highest BCUT2D eigenvalue weighted by Crippen LogP contribution is 2.10. The molecule has 0 aromatic carbocycles. The largest absolute Gasteiger partial charge is 0.542 e. The first kappa shape index (κ1) is 8.03. The fourth-order valence-electron chi connectivity index (χ4n) is 0.715. The number of rotatable bonds is 1. The molecule has 1 rings (SSSR count). The van der Waals surface area contributed by atoms with Crippen LogP contribution in [0.15, 0.2) is 11.8 Å². The van der Waals surface area contributed by atoms with Gasteiger partial charge in [0, 0.05) is 0 Å². The Morgan fingerprint density at radius 2 is 2.36 bits per heavy atom. The van der Waals surface area contributed by atoms with Crippen molar-refractivity contribution >= 4 is 5.97 Å². The Labute approximate surface area is 62.5 Å². The van der Waals surface area contributed by atoms with Crippen LogP contribution in [-0.2, 0) is 9.53 Å². The zero-order chi connectivity index (χ0) is 8.43. The average molecular weight is 159 g/mol. The van der Waals surface area contributed by atoms with Crippen molar-refractivity contribution in [1.29, 1.82) is 0 Å². The second-order valence-electron chi connectivity index (χ2n) is 2.19. The molecule has 0 spiro atoms. The lowest BCUT2D eigenvalue weighted by molar-refractivity contribution is -0.304. The molecule has 0 aromatic rings. The topological polar surface area (TPSA) is 89.8 Å². The summed E-state index contributed by atoms with van der Waals surface area (Å²) in [5, 5.41) is 27.9. The molecule has 0 amide bonds. The van der Waals surface area contributed by atoms with Gasteiger partial charge in [-0.25, -0.2) is 0 Å². The maximum atomic E-state index is 10.1. The second-order valence-corrected chi connectivity index (χ2v) is 2.19. The number of aliphatic carboxylic acids is 1. The van der Waals surface area contributed by atoms with Gasteiger partial charge in [-0.1, -0.05) is 0 Å². The van der Waals surface area contributed by atoms with Crippen LogP contribution in [0.3, 0.4) is 0 Å². The summed E-state index contributed by atoms with van der Waals surface area (Å²) in [5.41, 5.74) is 0. The molecular weight excluding hydrogens is 152 g/mol. The number of aliphatic hydroxyl groups is 2. The normalized spacial score (nSPS) is 30.5. The van der Waals surface area contributed by atoms with E-state index in [1.165, 1.54) is 0 Å². The third kappa shape index (κ3) is 1.69. The quantitative estimate of drug-likeness (QED) is 0.437. The molecule has 1 aliphatic rings. The number of aliphatic hydroxyl groups excluding tert-OH is 2. The van der Waals surface area contributed by atoms with Crippen LogP contribution in [0.4, 0.5) is 0 Å². The van der Waals surface area contributed by atoms with Gasteiger partial charge in [-0.05, 0) is 6.08 Å². The number of carbonyl (C=O) groups is 1. The molecule has 0 aliphatic carbocycles. The number of carboxylic acid groups (broad SMARTS) is 1. The molecule has 1 aliphatic heterocycles. The van der Waals surface area contributed by atoms with E-state index in [-0.39, 0.29) is 6.61 Å². The van der Waals surface area contributed by atoms with Crippen LogP contribution in [0.5, 0.6) is 0 Å². The van der Waals surface area contributed by atoms with E-state index < -0.39 is 23.9 Å². The molecule has 62 valence electrons. The van der Waals surface area contributed by atoms with E-state index in [1.54, 1.807) is 0 Å². The lowest BCUT2D eigenvalue weighted by atomic mass is 10.1. The van der Waals surface area contributed by atoms with Crippen LogP contribution in [-0.4, -0.2) is 35.0 Å². The SMILES string of the molecule is O=C([O-])C1=C[C@H](O)C(O)CO1. The minimum Gasteiger partial charge on any atom is -0.542 e. The summed E-state index contributed by atoms with van der Waals surface area (Å²) in [4.78, 5) is 10.1. The van der Waals surface area contributed by atoms with E-state index in [0.29, 0.717) is 0 Å². The smallest absolute Gasteiger partial charge is 0.140 e. The van der Waals surface area contributed by atoms with Crippen LogP contribution >= 0.6 is 0 Å². The zero-order valence-corrected chi connectivity index (χ0v) is 5.56. The number of carboxylic acids is 1. The monoisotopic (exact) mass is 159 g/mol. The van der Waals surface area contributed by atoms with E-state index in [0.717, 1.165) is 6.08 Å². The van der Waals surface area contributed by atoms with E-state index >= 15 is 0 Å². The first-order valence-corrected chi connectivity index (χ1v) is 3.03. The summed E-state index contributed by atoms with van der Waals surface area (Å²) in [6, 6.07) is 0. The maximum Gasteiger partial charge on any atom is 0.140 e. The fourth-order valence-corrected chi connectivity index (χ4v) is 0.715. The molecule has 1 unspecified atom stereocenters. The summed E-state index contributed by atoms with van der Waals surface area (Å²) in [6.45, 7) is -0.221. The standard InChI is InChI=1S/C6H8O5/c7-3-1-5(6(9)10)11-2-4(3)8/h1,3-4,7-8H,2H2,(H,9,10)/p-1/t3-,4?/m0/s1. The van der Waals surface area contributed by atoms with E-state index in [1.807, 2.05) is 0 Å². The first-order chi connectivity index (χ1) is 5.11. The van der Waals surface area contributed by atoms with Gasteiger partial charge in [0.1, 0.15) is 30.5 Å². The lowest BCUT2D eigenvalue weighted by Gasteiger charge is -2.23. The zero-order valence-electron chi connectivity index (χ0n) is 5.56. The third-order valence-electron chi connectivity index (χ3n) is 1.33. The Balaban J connectivity index is 2.71. The van der Waals surface area contributed by atoms with E-state index in [2.05, 4.69) is 4.74 Å². The van der Waals surface area contributed by atoms with Crippen molar-refractivity contribution in [3.63, 3.8) is 0 Å². The molecule has 2 N–H and O–H groups in total. The molecule has 0 bridgehead atoms. The Kier molecular flexibility index (Phi) is 2.11. The van der Waals surface area contributed by atoms with Gasteiger partial charge < -0.3 is 24.9 Å². The first-order valence-electron chi connectivity index (χ1n) is 3.03. The van der Waals surface area contributed by atoms with Crippen LogP contribution in [0.1, 0.15) is 0 Å². The molecular formula is C6H7O5-. The Morgan fingerprint density at radius 1 is 1.73 bits per heavy atom. The van der Waals surface area contributed by atoms with Crippen molar-refractivity contribution in [2.45, 2.75) is 12.2 Å². The highest BCUT2D eigenvalue weighted by atomic mass is 16.5. The summed E-state index contributed by atoms with van der Waals surface area (Å²) < 4.78 is 4.51. The van der Waals surface area contributed by atoms with Gasteiger partial charge >= 0.3 is 0 Å². The molecule has 0 fully saturated rings. The van der Waals surface area contributed by atoms with Crippen molar-refractivity contribution < 1.29 is 24.9 Å². The van der Waals surface area contributed by atoms with Gasteiger partial charge in [0.25, 0.3) is 0 Å². The number of ether oxygens (including phenoxy) is 1. The molecule has 2 atom stereocenters. The van der Waals surface area contributed by atoms with Crippen molar-refractivity contribution in [2.24, 2.45) is 0 Å². The van der Waals surface area contributed by atoms with Gasteiger partial charge in [-0.3, -0.25) is 0 Å². The Bertz CT molecular complexity index is 197. The highest BCUT2D eigenvalue weighted by Gasteiger charge is 2.21. The number of hydrogen-bond donors (Lipinski definition) is 2. The van der Waals surface area contributed by atoms with E-state index in [4.69, 9.17) is 10.2 Å². The molecule has 5 heteroatoms. The summed E-state index contributed by atoms with van der Waals surface area (Å²) in [6.07, 6.45) is -1.33. The minimum atomic E-state index is -1.49. The molecule has 0 saturated carbocycles. The van der Waals surface area contributed by atoms with E-state index in [9.17, 15) is 9.90 Å². The van der Waals surface area contributed by atoms with Gasteiger partial charge in [0.05, 0.1) is 0 Å². The highest BCUT2D eigenvalue weighted by molar-refractivity contribution is 5.82.